The molecular weight excluding hydrogens is 218 g/mol. The number of nitrogens with zero attached hydrogens (tertiary/aromatic N) is 1. The molecule has 0 atom stereocenters. The molecule has 0 spiro atoms. The SMILES string of the molecule is Cc1coc(Sc2ccc(CO)s2)n1. The van der Waals surface area contributed by atoms with Crippen LogP contribution in [0.4, 0.5) is 0 Å². The molecule has 14 heavy (non-hydrogen) atoms. The van der Waals surface area contributed by atoms with E-state index >= 15 is 0 Å². The second-order valence-electron chi connectivity index (χ2n) is 2.74. The lowest BCUT2D eigenvalue weighted by Gasteiger charge is -1.89. The zero-order valence-electron chi connectivity index (χ0n) is 7.56. The minimum absolute atomic E-state index is 0.0931. The van der Waals surface area contributed by atoms with Crippen LogP contribution in [0.1, 0.15) is 10.6 Å². The molecule has 2 aromatic heterocycles. The first kappa shape index (κ1) is 9.76. The van der Waals surface area contributed by atoms with Crippen LogP contribution in [0.25, 0.3) is 0 Å². The number of aryl methyl sites for hydroxylation is 1. The topological polar surface area (TPSA) is 46.3 Å². The molecule has 0 saturated carbocycles. The Morgan fingerprint density at radius 2 is 2.43 bits per heavy atom. The summed E-state index contributed by atoms with van der Waals surface area (Å²) in [6.45, 7) is 1.98. The van der Waals surface area contributed by atoms with E-state index in [4.69, 9.17) is 9.52 Å². The van der Waals surface area contributed by atoms with Crippen molar-refractivity contribution in [2.24, 2.45) is 0 Å². The van der Waals surface area contributed by atoms with Crippen molar-refractivity contribution in [3.8, 4) is 0 Å². The van der Waals surface area contributed by atoms with Crippen LogP contribution >= 0.6 is 23.1 Å². The highest BCUT2D eigenvalue weighted by atomic mass is 32.2. The zero-order chi connectivity index (χ0) is 9.97. The normalized spacial score (nSPS) is 10.7. The molecule has 0 fully saturated rings. The molecule has 2 heterocycles. The van der Waals surface area contributed by atoms with Gasteiger partial charge in [0.1, 0.15) is 6.26 Å². The molecule has 0 bridgehead atoms. The first-order valence-corrected chi connectivity index (χ1v) is 5.71. The number of hydrogen-bond donors (Lipinski definition) is 1. The molecule has 0 aliphatic carbocycles. The van der Waals surface area contributed by atoms with Crippen molar-refractivity contribution in [2.45, 2.75) is 23.0 Å². The smallest absolute Gasteiger partial charge is 0.261 e. The summed E-state index contributed by atoms with van der Waals surface area (Å²) in [5, 5.41) is 9.53. The molecule has 3 nitrogen and oxygen atoms in total. The molecule has 0 aliphatic heterocycles. The van der Waals surface area contributed by atoms with Gasteiger partial charge in [0.15, 0.2) is 0 Å². The highest BCUT2D eigenvalue weighted by Gasteiger charge is 2.05. The van der Waals surface area contributed by atoms with Gasteiger partial charge in [-0.1, -0.05) is 0 Å². The van der Waals surface area contributed by atoms with Crippen molar-refractivity contribution in [3.05, 3.63) is 29.0 Å². The maximum absolute atomic E-state index is 8.88. The molecule has 2 aromatic rings. The van der Waals surface area contributed by atoms with Gasteiger partial charge in [-0.2, -0.15) is 0 Å². The van der Waals surface area contributed by atoms with Crippen LogP contribution in [0, 0.1) is 6.92 Å². The molecule has 0 saturated heterocycles. The third kappa shape index (κ3) is 2.17. The lowest BCUT2D eigenvalue weighted by atomic mass is 10.5. The Morgan fingerprint density at radius 3 is 3.00 bits per heavy atom. The number of aliphatic hydroxyl groups excluding tert-OH is 1. The Morgan fingerprint density at radius 1 is 1.57 bits per heavy atom. The Labute approximate surface area is 89.8 Å². The van der Waals surface area contributed by atoms with Crippen molar-refractivity contribution in [1.82, 2.24) is 4.98 Å². The summed E-state index contributed by atoms with van der Waals surface area (Å²) in [5.74, 6) is 0. The summed E-state index contributed by atoms with van der Waals surface area (Å²) in [6, 6.07) is 3.86. The van der Waals surface area contributed by atoms with E-state index in [1.807, 2.05) is 19.1 Å². The number of aliphatic hydroxyl groups is 1. The molecule has 0 radical (unpaired) electrons. The Kier molecular flexibility index (Phi) is 2.90. The molecule has 0 aliphatic rings. The predicted octanol–water partition coefficient (Wildman–Crippen LogP) is 2.69. The van der Waals surface area contributed by atoms with Crippen molar-refractivity contribution < 1.29 is 9.52 Å². The Bertz CT molecular complexity index is 422. The Hall–Kier alpha value is -0.780. The minimum atomic E-state index is 0.0931. The highest BCUT2D eigenvalue weighted by molar-refractivity contribution is 8.00. The van der Waals surface area contributed by atoms with Gasteiger partial charge in [-0.15, -0.1) is 11.3 Å². The summed E-state index contributed by atoms with van der Waals surface area (Å²) < 4.78 is 6.29. The third-order valence-electron chi connectivity index (χ3n) is 1.58. The van der Waals surface area contributed by atoms with Gasteiger partial charge in [-0.3, -0.25) is 0 Å². The van der Waals surface area contributed by atoms with Crippen LogP contribution in [0.15, 0.2) is 32.2 Å². The zero-order valence-corrected chi connectivity index (χ0v) is 9.19. The average Bonchev–Trinajstić information content (AvgIpc) is 2.76. The molecule has 2 rings (SSSR count). The number of hydrogen-bond acceptors (Lipinski definition) is 5. The van der Waals surface area contributed by atoms with Gasteiger partial charge in [0.2, 0.25) is 0 Å². The summed E-state index contributed by atoms with van der Waals surface area (Å²) in [6.07, 6.45) is 1.63. The average molecular weight is 227 g/mol. The van der Waals surface area contributed by atoms with E-state index in [9.17, 15) is 0 Å². The van der Waals surface area contributed by atoms with Crippen molar-refractivity contribution in [3.63, 3.8) is 0 Å². The number of rotatable bonds is 3. The molecule has 0 unspecified atom stereocenters. The van der Waals surface area contributed by atoms with Crippen molar-refractivity contribution in [2.75, 3.05) is 0 Å². The van der Waals surface area contributed by atoms with Crippen LogP contribution in [-0.2, 0) is 6.61 Å². The molecule has 0 aromatic carbocycles. The van der Waals surface area contributed by atoms with Gasteiger partial charge < -0.3 is 9.52 Å². The monoisotopic (exact) mass is 227 g/mol. The van der Waals surface area contributed by atoms with Crippen LogP contribution < -0.4 is 0 Å². The van der Waals surface area contributed by atoms with Crippen LogP contribution in [0.3, 0.4) is 0 Å². The van der Waals surface area contributed by atoms with E-state index in [0.717, 1.165) is 14.8 Å². The van der Waals surface area contributed by atoms with E-state index in [0.29, 0.717) is 5.22 Å². The van der Waals surface area contributed by atoms with Gasteiger partial charge in [0.25, 0.3) is 5.22 Å². The van der Waals surface area contributed by atoms with Gasteiger partial charge >= 0.3 is 0 Å². The lowest BCUT2D eigenvalue weighted by Crippen LogP contribution is -1.70. The fourth-order valence-electron chi connectivity index (χ4n) is 0.963. The van der Waals surface area contributed by atoms with Gasteiger partial charge in [0, 0.05) is 4.88 Å². The second kappa shape index (κ2) is 4.16. The highest BCUT2D eigenvalue weighted by Crippen LogP contribution is 2.32. The van der Waals surface area contributed by atoms with E-state index < -0.39 is 0 Å². The third-order valence-corrected chi connectivity index (χ3v) is 3.64. The van der Waals surface area contributed by atoms with E-state index in [1.54, 1.807) is 17.6 Å². The number of oxazole rings is 1. The van der Waals surface area contributed by atoms with Crippen LogP contribution in [0.5, 0.6) is 0 Å². The number of aromatic nitrogens is 1. The Balaban J connectivity index is 2.10. The lowest BCUT2D eigenvalue weighted by molar-refractivity contribution is 0.285. The number of thiophene rings is 1. The van der Waals surface area contributed by atoms with Gasteiger partial charge in [-0.05, 0) is 30.8 Å². The molecule has 5 heteroatoms. The fraction of sp³-hybridized carbons (Fsp3) is 0.222. The molecule has 0 amide bonds. The van der Waals surface area contributed by atoms with E-state index in [2.05, 4.69) is 4.98 Å². The summed E-state index contributed by atoms with van der Waals surface area (Å²) in [7, 11) is 0. The standard InChI is InChI=1S/C9H9NO2S2/c1-6-5-12-9(10-6)14-8-3-2-7(4-11)13-8/h2-3,5,11H,4H2,1H3. The predicted molar refractivity (Wildman–Crippen MR) is 55.6 cm³/mol. The molecule has 74 valence electrons. The molecular formula is C9H9NO2S2. The van der Waals surface area contributed by atoms with Gasteiger partial charge in [-0.25, -0.2) is 4.98 Å². The minimum Gasteiger partial charge on any atom is -0.439 e. The van der Waals surface area contributed by atoms with Crippen molar-refractivity contribution >= 4 is 23.1 Å². The van der Waals surface area contributed by atoms with Crippen LogP contribution in [0.2, 0.25) is 0 Å². The summed E-state index contributed by atoms with van der Waals surface area (Å²) in [4.78, 5) is 5.14. The fourth-order valence-corrected chi connectivity index (χ4v) is 2.85. The van der Waals surface area contributed by atoms with E-state index in [1.165, 1.54) is 11.8 Å². The largest absolute Gasteiger partial charge is 0.439 e. The van der Waals surface area contributed by atoms with E-state index in [-0.39, 0.29) is 6.61 Å². The van der Waals surface area contributed by atoms with Crippen LogP contribution in [-0.4, -0.2) is 10.1 Å². The first-order valence-electron chi connectivity index (χ1n) is 4.07. The maximum atomic E-state index is 8.88. The first-order chi connectivity index (χ1) is 6.78. The summed E-state index contributed by atoms with van der Waals surface area (Å²) >= 11 is 3.02. The quantitative estimate of drug-likeness (QED) is 0.875. The summed E-state index contributed by atoms with van der Waals surface area (Å²) in [5.41, 5.74) is 0.881. The second-order valence-corrected chi connectivity index (χ2v) is 5.16. The molecule has 1 N–H and O–H groups in total. The van der Waals surface area contributed by atoms with Gasteiger partial charge in [0.05, 0.1) is 16.5 Å². The van der Waals surface area contributed by atoms with Crippen molar-refractivity contribution in [1.29, 1.82) is 0 Å². The maximum Gasteiger partial charge on any atom is 0.261 e.